The van der Waals surface area contributed by atoms with Gasteiger partial charge in [0, 0.05) is 51.2 Å². The zero-order valence-corrected chi connectivity index (χ0v) is 10.7. The second kappa shape index (κ2) is 5.02. The summed E-state index contributed by atoms with van der Waals surface area (Å²) in [5.74, 6) is 0. The number of nitrogens with one attached hydrogen (secondary N) is 1. The number of hydrogen-bond acceptors (Lipinski definition) is 2. The molecule has 1 aliphatic rings. The van der Waals surface area contributed by atoms with Gasteiger partial charge in [0.25, 0.3) is 0 Å². The minimum absolute atomic E-state index is 1.15. The van der Waals surface area contributed by atoms with Crippen LogP contribution in [0.1, 0.15) is 17.0 Å². The first-order chi connectivity index (χ1) is 7.68. The molecule has 0 bridgehead atoms. The average Bonchev–Trinajstić information content (AvgIpc) is 2.56. The number of hydrogen-bond donors (Lipinski definition) is 1. The highest BCUT2D eigenvalue weighted by atomic mass is 15.2. The molecule has 2 heterocycles. The molecule has 1 N–H and O–H groups in total. The van der Waals surface area contributed by atoms with Gasteiger partial charge in [0.2, 0.25) is 0 Å². The fourth-order valence-corrected chi connectivity index (χ4v) is 2.40. The zero-order chi connectivity index (χ0) is 11.5. The molecule has 0 aromatic carbocycles. The predicted molar refractivity (Wildman–Crippen MR) is 67.9 cm³/mol. The van der Waals surface area contributed by atoms with Crippen molar-refractivity contribution in [2.24, 2.45) is 7.05 Å². The molecule has 90 valence electrons. The van der Waals surface area contributed by atoms with Crippen molar-refractivity contribution in [3.8, 4) is 0 Å². The van der Waals surface area contributed by atoms with Crippen molar-refractivity contribution in [1.29, 1.82) is 0 Å². The van der Waals surface area contributed by atoms with E-state index in [0.29, 0.717) is 0 Å². The van der Waals surface area contributed by atoms with Gasteiger partial charge in [0.05, 0.1) is 0 Å². The highest BCUT2D eigenvalue weighted by Crippen LogP contribution is 2.14. The standard InChI is InChI=1S/C13H23N3/c1-11-10-13(12(2)15(11)3)4-7-16-8-5-14-6-9-16/h10,14H,4-9H2,1-3H3. The molecule has 0 spiro atoms. The van der Waals surface area contributed by atoms with Crippen molar-refractivity contribution >= 4 is 0 Å². The first-order valence-electron chi connectivity index (χ1n) is 6.23. The number of aryl methyl sites for hydroxylation is 1. The van der Waals surface area contributed by atoms with E-state index in [-0.39, 0.29) is 0 Å². The molecule has 1 aromatic rings. The van der Waals surface area contributed by atoms with Crippen LogP contribution in [0.15, 0.2) is 6.07 Å². The molecule has 1 fully saturated rings. The van der Waals surface area contributed by atoms with E-state index >= 15 is 0 Å². The second-order valence-electron chi connectivity index (χ2n) is 4.80. The summed E-state index contributed by atoms with van der Waals surface area (Å²) in [5, 5.41) is 3.39. The maximum absolute atomic E-state index is 3.39. The van der Waals surface area contributed by atoms with Crippen LogP contribution in [0.4, 0.5) is 0 Å². The van der Waals surface area contributed by atoms with Crippen molar-refractivity contribution < 1.29 is 0 Å². The zero-order valence-electron chi connectivity index (χ0n) is 10.7. The molecular formula is C13H23N3. The van der Waals surface area contributed by atoms with E-state index in [2.05, 4.69) is 41.7 Å². The fraction of sp³-hybridized carbons (Fsp3) is 0.692. The first-order valence-corrected chi connectivity index (χ1v) is 6.23. The Bertz CT molecular complexity index is 348. The lowest BCUT2D eigenvalue weighted by atomic mass is 10.1. The number of aromatic nitrogens is 1. The highest BCUT2D eigenvalue weighted by molar-refractivity contribution is 5.26. The molecule has 0 atom stereocenters. The Morgan fingerprint density at radius 2 is 1.94 bits per heavy atom. The van der Waals surface area contributed by atoms with Crippen LogP contribution in [0.2, 0.25) is 0 Å². The Hall–Kier alpha value is -0.800. The minimum Gasteiger partial charge on any atom is -0.352 e. The number of nitrogens with zero attached hydrogens (tertiary/aromatic N) is 2. The predicted octanol–water partition coefficient (Wildman–Crippen LogP) is 1.09. The van der Waals surface area contributed by atoms with E-state index in [9.17, 15) is 0 Å². The van der Waals surface area contributed by atoms with E-state index in [1.165, 1.54) is 43.0 Å². The molecule has 1 aliphatic heterocycles. The van der Waals surface area contributed by atoms with Gasteiger partial charge < -0.3 is 14.8 Å². The Labute approximate surface area is 98.4 Å². The Morgan fingerprint density at radius 3 is 2.50 bits per heavy atom. The van der Waals surface area contributed by atoms with Crippen molar-refractivity contribution in [2.45, 2.75) is 20.3 Å². The van der Waals surface area contributed by atoms with Gasteiger partial charge in [0.15, 0.2) is 0 Å². The van der Waals surface area contributed by atoms with Gasteiger partial charge in [-0.2, -0.15) is 0 Å². The largest absolute Gasteiger partial charge is 0.352 e. The van der Waals surface area contributed by atoms with E-state index in [1.807, 2.05) is 0 Å². The molecule has 0 aliphatic carbocycles. The van der Waals surface area contributed by atoms with Crippen LogP contribution in [0.3, 0.4) is 0 Å². The molecular weight excluding hydrogens is 198 g/mol. The van der Waals surface area contributed by atoms with Crippen molar-refractivity contribution in [3.63, 3.8) is 0 Å². The van der Waals surface area contributed by atoms with Crippen LogP contribution in [0.5, 0.6) is 0 Å². The average molecular weight is 221 g/mol. The summed E-state index contributed by atoms with van der Waals surface area (Å²) in [4.78, 5) is 2.55. The molecule has 0 amide bonds. The summed E-state index contributed by atoms with van der Waals surface area (Å²) in [5.41, 5.74) is 4.30. The molecule has 0 unspecified atom stereocenters. The van der Waals surface area contributed by atoms with Gasteiger partial charge >= 0.3 is 0 Å². The molecule has 1 saturated heterocycles. The number of rotatable bonds is 3. The van der Waals surface area contributed by atoms with Gasteiger partial charge in [-0.25, -0.2) is 0 Å². The highest BCUT2D eigenvalue weighted by Gasteiger charge is 2.11. The van der Waals surface area contributed by atoms with E-state index in [4.69, 9.17) is 0 Å². The lowest BCUT2D eigenvalue weighted by Crippen LogP contribution is -2.44. The third kappa shape index (κ3) is 2.47. The van der Waals surface area contributed by atoms with Crippen LogP contribution < -0.4 is 5.32 Å². The Balaban J connectivity index is 1.91. The van der Waals surface area contributed by atoms with Crippen LogP contribution in [-0.2, 0) is 13.5 Å². The maximum Gasteiger partial charge on any atom is 0.0175 e. The second-order valence-corrected chi connectivity index (χ2v) is 4.80. The van der Waals surface area contributed by atoms with Gasteiger partial charge in [-0.3, -0.25) is 0 Å². The molecule has 3 nitrogen and oxygen atoms in total. The summed E-state index contributed by atoms with van der Waals surface area (Å²) < 4.78 is 2.28. The molecule has 3 heteroatoms. The van der Waals surface area contributed by atoms with E-state index in [1.54, 1.807) is 0 Å². The third-order valence-corrected chi connectivity index (χ3v) is 3.79. The first kappa shape index (κ1) is 11.7. The molecule has 1 aromatic heterocycles. The van der Waals surface area contributed by atoms with E-state index < -0.39 is 0 Å². The maximum atomic E-state index is 3.39. The topological polar surface area (TPSA) is 20.2 Å². The van der Waals surface area contributed by atoms with Crippen LogP contribution in [0.25, 0.3) is 0 Å². The summed E-state index contributed by atoms with van der Waals surface area (Å²) in [7, 11) is 2.15. The lowest BCUT2D eigenvalue weighted by molar-refractivity contribution is 0.244. The molecule has 0 radical (unpaired) electrons. The summed E-state index contributed by atoms with van der Waals surface area (Å²) in [6.07, 6.45) is 1.19. The minimum atomic E-state index is 1.15. The van der Waals surface area contributed by atoms with E-state index in [0.717, 1.165) is 13.1 Å². The van der Waals surface area contributed by atoms with Crippen molar-refractivity contribution in [1.82, 2.24) is 14.8 Å². The van der Waals surface area contributed by atoms with Crippen LogP contribution in [-0.4, -0.2) is 42.2 Å². The summed E-state index contributed by atoms with van der Waals surface area (Å²) >= 11 is 0. The van der Waals surface area contributed by atoms with Gasteiger partial charge in [-0.15, -0.1) is 0 Å². The normalized spacial score (nSPS) is 17.9. The monoisotopic (exact) mass is 221 g/mol. The van der Waals surface area contributed by atoms with Gasteiger partial charge in [-0.1, -0.05) is 0 Å². The Kier molecular flexibility index (Phi) is 3.66. The quantitative estimate of drug-likeness (QED) is 0.824. The van der Waals surface area contributed by atoms with Crippen LogP contribution in [0, 0.1) is 13.8 Å². The number of piperazine rings is 1. The summed E-state index contributed by atoms with van der Waals surface area (Å²) in [6.45, 7) is 10.3. The molecule has 0 saturated carbocycles. The van der Waals surface area contributed by atoms with Gasteiger partial charge in [0.1, 0.15) is 0 Å². The van der Waals surface area contributed by atoms with Gasteiger partial charge in [-0.05, 0) is 31.9 Å². The lowest BCUT2D eigenvalue weighted by Gasteiger charge is -2.27. The fourth-order valence-electron chi connectivity index (χ4n) is 2.40. The van der Waals surface area contributed by atoms with Crippen molar-refractivity contribution in [3.05, 3.63) is 23.0 Å². The summed E-state index contributed by atoms with van der Waals surface area (Å²) in [6, 6.07) is 2.33. The third-order valence-electron chi connectivity index (χ3n) is 3.79. The van der Waals surface area contributed by atoms with Crippen molar-refractivity contribution in [2.75, 3.05) is 32.7 Å². The van der Waals surface area contributed by atoms with Crippen LogP contribution >= 0.6 is 0 Å². The molecule has 16 heavy (non-hydrogen) atoms. The molecule has 2 rings (SSSR count). The SMILES string of the molecule is Cc1cc(CCN2CCNCC2)c(C)n1C. The smallest absolute Gasteiger partial charge is 0.0175 e. The Morgan fingerprint density at radius 1 is 1.25 bits per heavy atom.